The van der Waals surface area contributed by atoms with Gasteiger partial charge < -0.3 is 5.32 Å². The summed E-state index contributed by atoms with van der Waals surface area (Å²) in [5.74, 6) is -0.889. The van der Waals surface area contributed by atoms with Crippen molar-refractivity contribution in [3.8, 4) is 0 Å². The summed E-state index contributed by atoms with van der Waals surface area (Å²) in [5.41, 5.74) is 0.272. The van der Waals surface area contributed by atoms with E-state index in [2.05, 4.69) is 5.32 Å². The number of hydrogen-bond acceptors (Lipinski definition) is 4. The first-order chi connectivity index (χ1) is 12.5. The van der Waals surface area contributed by atoms with Gasteiger partial charge in [-0.05, 0) is 47.8 Å². The monoisotopic (exact) mass is 389 g/mol. The first kappa shape index (κ1) is 18.3. The topological polar surface area (TPSA) is 63.2 Å². The normalized spacial score (nSPS) is 12.5. The molecule has 0 fully saturated rings. The van der Waals surface area contributed by atoms with Gasteiger partial charge in [0.25, 0.3) is 5.91 Å². The molecule has 1 unspecified atom stereocenters. The lowest BCUT2D eigenvalue weighted by molar-refractivity contribution is 0.0953. The molecular weight excluding hydrogens is 373 g/mol. The Bertz CT molecular complexity index is 969. The molecule has 26 heavy (non-hydrogen) atoms. The molecule has 0 saturated heterocycles. The SMILES string of the molecule is O=C(NCC(c1cccs1)S(=O)(=O)c1ccccc1)c1ccc(F)cc1. The zero-order valence-corrected chi connectivity index (χ0v) is 15.3. The Morgan fingerprint density at radius 2 is 1.69 bits per heavy atom. The largest absolute Gasteiger partial charge is 0.350 e. The average molecular weight is 389 g/mol. The molecule has 0 aliphatic rings. The summed E-state index contributed by atoms with van der Waals surface area (Å²) in [6, 6.07) is 16.7. The molecule has 1 aromatic heterocycles. The fourth-order valence-corrected chi connectivity index (χ4v) is 5.31. The number of carbonyl (C=O) groups is 1. The van der Waals surface area contributed by atoms with Gasteiger partial charge in [0.15, 0.2) is 9.84 Å². The highest BCUT2D eigenvalue weighted by atomic mass is 32.2. The zero-order valence-electron chi connectivity index (χ0n) is 13.6. The van der Waals surface area contributed by atoms with Crippen molar-refractivity contribution in [2.45, 2.75) is 10.1 Å². The maximum atomic E-state index is 13.0. The molecular formula is C19H16FNO3S2. The summed E-state index contributed by atoms with van der Waals surface area (Å²) in [7, 11) is -3.67. The van der Waals surface area contributed by atoms with Crippen LogP contribution in [0, 0.1) is 5.82 Å². The first-order valence-electron chi connectivity index (χ1n) is 7.84. The van der Waals surface area contributed by atoms with Crippen molar-refractivity contribution in [2.75, 3.05) is 6.54 Å². The lowest BCUT2D eigenvalue weighted by Crippen LogP contribution is -2.31. The highest BCUT2D eigenvalue weighted by Gasteiger charge is 2.30. The summed E-state index contributed by atoms with van der Waals surface area (Å²) in [5, 5.41) is 3.55. The number of carbonyl (C=O) groups excluding carboxylic acids is 1. The van der Waals surface area contributed by atoms with Gasteiger partial charge in [0.1, 0.15) is 11.1 Å². The van der Waals surface area contributed by atoms with Gasteiger partial charge in [0.2, 0.25) is 0 Å². The Hall–Kier alpha value is -2.51. The number of nitrogens with one attached hydrogen (secondary N) is 1. The molecule has 1 N–H and O–H groups in total. The smallest absolute Gasteiger partial charge is 0.251 e. The van der Waals surface area contributed by atoms with Crippen LogP contribution in [-0.4, -0.2) is 20.9 Å². The second-order valence-electron chi connectivity index (χ2n) is 5.58. The van der Waals surface area contributed by atoms with E-state index in [-0.39, 0.29) is 17.0 Å². The standard InChI is InChI=1S/C19H16FNO3S2/c20-15-10-8-14(9-11-15)19(22)21-13-18(17-7-4-12-25-17)26(23,24)16-5-2-1-3-6-16/h1-12,18H,13H2,(H,21,22). The Morgan fingerprint density at radius 1 is 1.00 bits per heavy atom. The third kappa shape index (κ3) is 4.00. The quantitative estimate of drug-likeness (QED) is 0.697. The number of sulfone groups is 1. The van der Waals surface area contributed by atoms with Crippen LogP contribution in [0.3, 0.4) is 0 Å². The Balaban J connectivity index is 1.84. The summed E-state index contributed by atoms with van der Waals surface area (Å²) in [4.78, 5) is 13.1. The van der Waals surface area contributed by atoms with Crippen LogP contribution in [0.25, 0.3) is 0 Å². The molecule has 0 spiro atoms. The highest BCUT2D eigenvalue weighted by Crippen LogP contribution is 2.31. The van der Waals surface area contributed by atoms with Crippen LogP contribution in [0.2, 0.25) is 0 Å². The second kappa shape index (κ2) is 7.80. The van der Waals surface area contributed by atoms with Gasteiger partial charge in [-0.2, -0.15) is 0 Å². The number of rotatable bonds is 6. The van der Waals surface area contributed by atoms with E-state index in [1.54, 1.807) is 35.7 Å². The molecule has 0 aliphatic heterocycles. The lowest BCUT2D eigenvalue weighted by atomic mass is 10.2. The van der Waals surface area contributed by atoms with Crippen LogP contribution >= 0.6 is 11.3 Å². The van der Waals surface area contributed by atoms with Gasteiger partial charge in [-0.15, -0.1) is 11.3 Å². The van der Waals surface area contributed by atoms with Crippen LogP contribution in [0.5, 0.6) is 0 Å². The van der Waals surface area contributed by atoms with Gasteiger partial charge >= 0.3 is 0 Å². The summed E-state index contributed by atoms with van der Waals surface area (Å²) < 4.78 is 39.0. The molecule has 7 heteroatoms. The van der Waals surface area contributed by atoms with Crippen molar-refractivity contribution < 1.29 is 17.6 Å². The summed E-state index contributed by atoms with van der Waals surface area (Å²) in [6.45, 7) is -0.0754. The average Bonchev–Trinajstić information content (AvgIpc) is 3.17. The fraction of sp³-hybridized carbons (Fsp3) is 0.105. The molecule has 0 bridgehead atoms. The predicted octanol–water partition coefficient (Wildman–Crippen LogP) is 3.83. The van der Waals surface area contributed by atoms with E-state index in [9.17, 15) is 17.6 Å². The Morgan fingerprint density at radius 3 is 2.31 bits per heavy atom. The van der Waals surface area contributed by atoms with Crippen molar-refractivity contribution in [1.82, 2.24) is 5.32 Å². The minimum atomic E-state index is -3.67. The number of halogens is 1. The second-order valence-corrected chi connectivity index (χ2v) is 8.69. The highest BCUT2D eigenvalue weighted by molar-refractivity contribution is 7.91. The number of amides is 1. The fourth-order valence-electron chi connectivity index (χ4n) is 2.50. The van der Waals surface area contributed by atoms with E-state index in [1.807, 2.05) is 0 Å². The summed E-state index contributed by atoms with van der Waals surface area (Å²) in [6.07, 6.45) is 0. The van der Waals surface area contributed by atoms with E-state index >= 15 is 0 Å². The molecule has 0 saturated carbocycles. The van der Waals surface area contributed by atoms with Gasteiger partial charge in [-0.25, -0.2) is 12.8 Å². The molecule has 1 heterocycles. The molecule has 2 aromatic carbocycles. The van der Waals surface area contributed by atoms with E-state index in [0.29, 0.717) is 4.88 Å². The van der Waals surface area contributed by atoms with Crippen molar-refractivity contribution in [2.24, 2.45) is 0 Å². The minimum Gasteiger partial charge on any atom is -0.350 e. The molecule has 1 amide bonds. The molecule has 0 aliphatic carbocycles. The van der Waals surface area contributed by atoms with Crippen molar-refractivity contribution in [3.63, 3.8) is 0 Å². The van der Waals surface area contributed by atoms with E-state index in [4.69, 9.17) is 0 Å². The summed E-state index contributed by atoms with van der Waals surface area (Å²) >= 11 is 1.32. The van der Waals surface area contributed by atoms with Gasteiger partial charge in [0.05, 0.1) is 4.90 Å². The van der Waals surface area contributed by atoms with Gasteiger partial charge in [0, 0.05) is 17.0 Å². The maximum Gasteiger partial charge on any atom is 0.251 e. The lowest BCUT2D eigenvalue weighted by Gasteiger charge is -2.17. The van der Waals surface area contributed by atoms with E-state index in [0.717, 1.165) is 0 Å². The van der Waals surface area contributed by atoms with Crippen LogP contribution in [0.4, 0.5) is 4.39 Å². The molecule has 4 nitrogen and oxygen atoms in total. The van der Waals surface area contributed by atoms with E-state index in [1.165, 1.54) is 47.7 Å². The minimum absolute atomic E-state index is 0.0754. The van der Waals surface area contributed by atoms with Crippen molar-refractivity contribution in [1.29, 1.82) is 0 Å². The van der Waals surface area contributed by atoms with Crippen LogP contribution < -0.4 is 5.32 Å². The Labute approximate surface area is 155 Å². The predicted molar refractivity (Wildman–Crippen MR) is 99.4 cm³/mol. The molecule has 1 atom stereocenters. The first-order valence-corrected chi connectivity index (χ1v) is 10.3. The number of benzene rings is 2. The van der Waals surface area contributed by atoms with Crippen LogP contribution in [0.1, 0.15) is 20.5 Å². The maximum absolute atomic E-state index is 13.0. The van der Waals surface area contributed by atoms with Crippen LogP contribution in [0.15, 0.2) is 77.0 Å². The molecule has 3 rings (SSSR count). The van der Waals surface area contributed by atoms with Gasteiger partial charge in [-0.3, -0.25) is 4.79 Å². The third-order valence-corrected chi connectivity index (χ3v) is 7.10. The Kier molecular flexibility index (Phi) is 5.49. The third-order valence-electron chi connectivity index (χ3n) is 3.86. The zero-order chi connectivity index (χ0) is 18.6. The molecule has 3 aromatic rings. The molecule has 134 valence electrons. The van der Waals surface area contributed by atoms with Crippen LogP contribution in [-0.2, 0) is 9.84 Å². The number of thiophene rings is 1. The van der Waals surface area contributed by atoms with Gasteiger partial charge in [-0.1, -0.05) is 24.3 Å². The molecule has 0 radical (unpaired) electrons. The van der Waals surface area contributed by atoms with E-state index < -0.39 is 26.8 Å². The van der Waals surface area contributed by atoms with Crippen molar-refractivity contribution >= 4 is 27.1 Å². The van der Waals surface area contributed by atoms with Crippen molar-refractivity contribution in [3.05, 3.63) is 88.4 Å². The number of hydrogen-bond donors (Lipinski definition) is 1.